The van der Waals surface area contributed by atoms with Crippen molar-refractivity contribution in [3.8, 4) is 23.3 Å². The van der Waals surface area contributed by atoms with Gasteiger partial charge in [-0.2, -0.15) is 4.98 Å². The van der Waals surface area contributed by atoms with E-state index in [9.17, 15) is 4.79 Å². The van der Waals surface area contributed by atoms with Crippen molar-refractivity contribution in [1.82, 2.24) is 10.1 Å². The van der Waals surface area contributed by atoms with E-state index in [-0.39, 0.29) is 5.95 Å². The molecule has 112 valence electrons. The number of carbonyl (C=O) groups is 1. The molecule has 23 heavy (non-hydrogen) atoms. The van der Waals surface area contributed by atoms with Crippen LogP contribution >= 0.6 is 0 Å². The summed E-state index contributed by atoms with van der Waals surface area (Å²) in [5.74, 6) is 5.49. The molecule has 1 heterocycles. The molecule has 0 radical (unpaired) electrons. The number of hydrogen-bond acceptors (Lipinski definition) is 4. The number of amides is 1. The van der Waals surface area contributed by atoms with E-state index in [4.69, 9.17) is 4.52 Å². The highest BCUT2D eigenvalue weighted by atomic mass is 16.5. The molecule has 0 unspecified atom stereocenters. The van der Waals surface area contributed by atoms with Crippen LogP contribution in [0.2, 0.25) is 0 Å². The van der Waals surface area contributed by atoms with Crippen molar-refractivity contribution in [2.75, 3.05) is 11.9 Å². The zero-order valence-corrected chi connectivity index (χ0v) is 12.4. The second-order valence-corrected chi connectivity index (χ2v) is 4.75. The van der Waals surface area contributed by atoms with Crippen LogP contribution in [0.5, 0.6) is 0 Å². The van der Waals surface area contributed by atoms with Crippen LogP contribution in [0.3, 0.4) is 0 Å². The van der Waals surface area contributed by atoms with Gasteiger partial charge in [-0.3, -0.25) is 9.69 Å². The van der Waals surface area contributed by atoms with Crippen molar-refractivity contribution < 1.29 is 9.32 Å². The molecule has 0 N–H and O–H groups in total. The molecule has 0 saturated carbocycles. The Labute approximate surface area is 133 Å². The molecule has 0 spiro atoms. The molecular formula is C18H13N3O2. The highest BCUT2D eigenvalue weighted by molar-refractivity contribution is 6.04. The molecule has 5 heteroatoms. The van der Waals surface area contributed by atoms with Gasteiger partial charge in [-0.05, 0) is 29.4 Å². The molecule has 2 aromatic carbocycles. The fourth-order valence-electron chi connectivity index (χ4n) is 1.87. The quantitative estimate of drug-likeness (QED) is 0.683. The van der Waals surface area contributed by atoms with E-state index in [0.717, 1.165) is 11.1 Å². The second-order valence-electron chi connectivity index (χ2n) is 4.75. The van der Waals surface area contributed by atoms with Crippen molar-refractivity contribution in [2.45, 2.75) is 0 Å². The summed E-state index contributed by atoms with van der Waals surface area (Å²) in [5.41, 5.74) is 1.56. The Morgan fingerprint density at radius 3 is 2.39 bits per heavy atom. The van der Waals surface area contributed by atoms with Crippen LogP contribution in [0.4, 0.5) is 5.95 Å². The SMILES string of the molecule is CN(C(=O)C#Cc1ccccc1)c1noc(-c2ccccc2)n1. The lowest BCUT2D eigenvalue weighted by Gasteiger charge is -2.06. The van der Waals surface area contributed by atoms with Gasteiger partial charge < -0.3 is 4.52 Å². The molecule has 0 fully saturated rings. The van der Waals surface area contributed by atoms with Crippen molar-refractivity contribution in [3.63, 3.8) is 0 Å². The zero-order valence-electron chi connectivity index (χ0n) is 12.4. The molecule has 0 aliphatic carbocycles. The Kier molecular flexibility index (Phi) is 4.16. The number of rotatable bonds is 2. The van der Waals surface area contributed by atoms with Crippen molar-refractivity contribution in [3.05, 3.63) is 66.2 Å². The van der Waals surface area contributed by atoms with Gasteiger partial charge in [0.15, 0.2) is 0 Å². The first-order chi connectivity index (χ1) is 11.2. The maximum atomic E-state index is 12.1. The molecular weight excluding hydrogens is 290 g/mol. The van der Waals surface area contributed by atoms with Crippen molar-refractivity contribution in [1.29, 1.82) is 0 Å². The van der Waals surface area contributed by atoms with Crippen molar-refractivity contribution in [2.24, 2.45) is 0 Å². The summed E-state index contributed by atoms with van der Waals surface area (Å²) >= 11 is 0. The average molecular weight is 303 g/mol. The number of carbonyl (C=O) groups excluding carboxylic acids is 1. The van der Waals surface area contributed by atoms with Crippen LogP contribution in [0, 0.1) is 11.8 Å². The lowest BCUT2D eigenvalue weighted by atomic mass is 10.2. The molecule has 1 amide bonds. The molecule has 0 aliphatic heterocycles. The Morgan fingerprint density at radius 1 is 1.04 bits per heavy atom. The van der Waals surface area contributed by atoms with Crippen molar-refractivity contribution >= 4 is 11.9 Å². The molecule has 0 bridgehead atoms. The topological polar surface area (TPSA) is 59.2 Å². The van der Waals surface area contributed by atoms with Crippen LogP contribution in [0.1, 0.15) is 5.56 Å². The van der Waals surface area contributed by atoms with Gasteiger partial charge in [-0.15, -0.1) is 0 Å². The van der Waals surface area contributed by atoms with E-state index >= 15 is 0 Å². The monoisotopic (exact) mass is 303 g/mol. The van der Waals surface area contributed by atoms with Crippen LogP contribution in [0.25, 0.3) is 11.5 Å². The second kappa shape index (κ2) is 6.58. The zero-order chi connectivity index (χ0) is 16.1. The van der Waals surface area contributed by atoms with E-state index in [1.807, 2.05) is 60.7 Å². The number of hydrogen-bond donors (Lipinski definition) is 0. The van der Waals surface area contributed by atoms with E-state index in [1.165, 1.54) is 4.90 Å². The highest BCUT2D eigenvalue weighted by Gasteiger charge is 2.16. The van der Waals surface area contributed by atoms with Gasteiger partial charge in [0.2, 0.25) is 0 Å². The largest absolute Gasteiger partial charge is 0.332 e. The third-order valence-electron chi connectivity index (χ3n) is 3.13. The molecule has 0 atom stereocenters. The number of anilines is 1. The van der Waals surface area contributed by atoms with Crippen LogP contribution in [-0.2, 0) is 4.79 Å². The normalized spacial score (nSPS) is 9.78. The molecule has 3 rings (SSSR count). The van der Waals surface area contributed by atoms with Gasteiger partial charge in [-0.25, -0.2) is 0 Å². The summed E-state index contributed by atoms with van der Waals surface area (Å²) in [6, 6.07) is 18.7. The fourth-order valence-corrected chi connectivity index (χ4v) is 1.87. The minimum Gasteiger partial charge on any atom is -0.332 e. The minimum absolute atomic E-state index is 0.177. The number of aromatic nitrogens is 2. The Balaban J connectivity index is 1.76. The Morgan fingerprint density at radius 2 is 1.70 bits per heavy atom. The van der Waals surface area contributed by atoms with Gasteiger partial charge in [0.05, 0.1) is 0 Å². The third kappa shape index (κ3) is 3.44. The lowest BCUT2D eigenvalue weighted by Crippen LogP contribution is -2.25. The molecule has 5 nitrogen and oxygen atoms in total. The summed E-state index contributed by atoms with van der Waals surface area (Å²) in [5, 5.41) is 3.82. The average Bonchev–Trinajstić information content (AvgIpc) is 3.11. The minimum atomic E-state index is -0.408. The fraction of sp³-hybridized carbons (Fsp3) is 0.0556. The van der Waals surface area contributed by atoms with Gasteiger partial charge >= 0.3 is 5.91 Å². The van der Waals surface area contributed by atoms with Gasteiger partial charge in [0.1, 0.15) is 0 Å². The van der Waals surface area contributed by atoms with Crippen LogP contribution in [0.15, 0.2) is 65.2 Å². The molecule has 0 aliphatic rings. The van der Waals surface area contributed by atoms with Gasteiger partial charge in [0.25, 0.3) is 11.8 Å². The summed E-state index contributed by atoms with van der Waals surface area (Å²) in [4.78, 5) is 17.6. The first-order valence-electron chi connectivity index (χ1n) is 6.98. The predicted octanol–water partition coefficient (Wildman–Crippen LogP) is 2.75. The number of benzene rings is 2. The first-order valence-corrected chi connectivity index (χ1v) is 6.98. The molecule has 0 saturated heterocycles. The van der Waals surface area contributed by atoms with E-state index < -0.39 is 5.91 Å². The van der Waals surface area contributed by atoms with Gasteiger partial charge in [0, 0.05) is 24.1 Å². The third-order valence-corrected chi connectivity index (χ3v) is 3.13. The summed E-state index contributed by atoms with van der Waals surface area (Å²) in [6.07, 6.45) is 0. The van der Waals surface area contributed by atoms with E-state index in [1.54, 1.807) is 7.05 Å². The maximum Gasteiger partial charge on any atom is 0.305 e. The summed E-state index contributed by atoms with van der Waals surface area (Å²) < 4.78 is 5.18. The maximum absolute atomic E-state index is 12.1. The summed E-state index contributed by atoms with van der Waals surface area (Å²) in [7, 11) is 1.56. The van der Waals surface area contributed by atoms with E-state index in [0.29, 0.717) is 5.89 Å². The molecule has 3 aromatic rings. The number of nitrogens with zero attached hydrogens (tertiary/aromatic N) is 3. The smallest absolute Gasteiger partial charge is 0.305 e. The summed E-state index contributed by atoms with van der Waals surface area (Å²) in [6.45, 7) is 0. The standard InChI is InChI=1S/C18H13N3O2/c1-21(16(22)13-12-14-8-4-2-5-9-14)18-19-17(23-20-18)15-10-6-3-7-11-15/h2-11H,1H3. The Hall–Kier alpha value is -3.39. The highest BCUT2D eigenvalue weighted by Crippen LogP contribution is 2.19. The predicted molar refractivity (Wildman–Crippen MR) is 86.5 cm³/mol. The van der Waals surface area contributed by atoms with Gasteiger partial charge in [-0.1, -0.05) is 42.3 Å². The lowest BCUT2D eigenvalue weighted by molar-refractivity contribution is -0.113. The Bertz CT molecular complexity index is 861. The van der Waals surface area contributed by atoms with Crippen LogP contribution < -0.4 is 4.90 Å². The van der Waals surface area contributed by atoms with E-state index in [2.05, 4.69) is 22.0 Å². The molecule has 1 aromatic heterocycles. The van der Waals surface area contributed by atoms with Crippen LogP contribution in [-0.4, -0.2) is 23.1 Å². The first kappa shape index (κ1) is 14.5.